The molecule has 0 unspecified atom stereocenters. The molecule has 0 spiro atoms. The van der Waals surface area contributed by atoms with Crippen molar-refractivity contribution < 1.29 is 9.90 Å². The first-order valence-corrected chi connectivity index (χ1v) is 5.46. The molecule has 17 heavy (non-hydrogen) atoms. The van der Waals surface area contributed by atoms with Crippen molar-refractivity contribution in [2.45, 2.75) is 19.5 Å². The van der Waals surface area contributed by atoms with Gasteiger partial charge in [0, 0.05) is 19.0 Å². The Hall–Kier alpha value is -1.88. The van der Waals surface area contributed by atoms with E-state index in [1.807, 2.05) is 31.3 Å². The van der Waals surface area contributed by atoms with Crippen LogP contribution < -0.4 is 5.32 Å². The highest BCUT2D eigenvalue weighted by molar-refractivity contribution is 5.81. The van der Waals surface area contributed by atoms with Crippen molar-refractivity contribution >= 4 is 16.9 Å². The maximum absolute atomic E-state index is 10.7. The zero-order chi connectivity index (χ0) is 12.4. The van der Waals surface area contributed by atoms with Gasteiger partial charge in [-0.3, -0.25) is 14.8 Å². The van der Waals surface area contributed by atoms with Crippen LogP contribution in [0.3, 0.4) is 0 Å². The average Bonchev–Trinajstić information content (AvgIpc) is 2.64. The van der Waals surface area contributed by atoms with Gasteiger partial charge in [-0.2, -0.15) is 5.10 Å². The van der Waals surface area contributed by atoms with E-state index in [1.54, 1.807) is 11.6 Å². The molecule has 2 N–H and O–H groups in total. The minimum atomic E-state index is -0.856. The number of rotatable bonds is 4. The molecule has 2 aromatic rings. The third-order valence-corrected chi connectivity index (χ3v) is 2.78. The van der Waals surface area contributed by atoms with Crippen molar-refractivity contribution in [3.63, 3.8) is 0 Å². The molecule has 0 aliphatic rings. The van der Waals surface area contributed by atoms with Crippen LogP contribution in [0.5, 0.6) is 0 Å². The predicted octanol–water partition coefficient (Wildman–Crippen LogP) is 1.14. The summed E-state index contributed by atoms with van der Waals surface area (Å²) in [5, 5.41) is 17.2. The number of hydrogen-bond donors (Lipinski definition) is 2. The summed E-state index contributed by atoms with van der Waals surface area (Å²) in [6, 6.07) is 7.32. The summed E-state index contributed by atoms with van der Waals surface area (Å²) < 4.78 is 1.80. The highest BCUT2D eigenvalue weighted by atomic mass is 16.4. The number of carboxylic acid groups (broad SMARTS) is 1. The van der Waals surface area contributed by atoms with Crippen molar-refractivity contribution in [1.82, 2.24) is 15.1 Å². The molecule has 0 radical (unpaired) electrons. The van der Waals surface area contributed by atoms with Gasteiger partial charge < -0.3 is 5.11 Å². The summed E-state index contributed by atoms with van der Waals surface area (Å²) in [6.07, 6.45) is 0. The van der Waals surface area contributed by atoms with Gasteiger partial charge in [0.1, 0.15) is 6.04 Å². The monoisotopic (exact) mass is 233 g/mol. The molecule has 0 fully saturated rings. The van der Waals surface area contributed by atoms with Gasteiger partial charge in [-0.05, 0) is 13.0 Å². The fourth-order valence-electron chi connectivity index (χ4n) is 1.76. The molecule has 0 bridgehead atoms. The van der Waals surface area contributed by atoms with E-state index in [0.717, 1.165) is 16.6 Å². The molecule has 0 saturated carbocycles. The Labute approximate surface area is 99.1 Å². The third kappa shape index (κ3) is 2.29. The van der Waals surface area contributed by atoms with E-state index in [1.165, 1.54) is 0 Å². The molecule has 2 rings (SSSR count). The largest absolute Gasteiger partial charge is 0.480 e. The van der Waals surface area contributed by atoms with Gasteiger partial charge in [0.05, 0.1) is 11.2 Å². The van der Waals surface area contributed by atoms with E-state index in [-0.39, 0.29) is 0 Å². The lowest BCUT2D eigenvalue weighted by atomic mass is 10.2. The van der Waals surface area contributed by atoms with E-state index in [4.69, 9.17) is 5.11 Å². The van der Waals surface area contributed by atoms with Crippen molar-refractivity contribution in [1.29, 1.82) is 0 Å². The lowest BCUT2D eigenvalue weighted by Crippen LogP contribution is -2.33. The lowest BCUT2D eigenvalue weighted by molar-refractivity contribution is -0.139. The SMILES string of the molecule is C[C@@H](NCc1nn(C)c2ccccc12)C(=O)O. The second-order valence-corrected chi connectivity index (χ2v) is 4.03. The van der Waals surface area contributed by atoms with Gasteiger partial charge >= 0.3 is 5.97 Å². The Morgan fingerprint density at radius 2 is 2.24 bits per heavy atom. The number of nitrogens with zero attached hydrogens (tertiary/aromatic N) is 2. The number of aryl methyl sites for hydroxylation is 1. The van der Waals surface area contributed by atoms with E-state index < -0.39 is 12.0 Å². The van der Waals surface area contributed by atoms with E-state index in [9.17, 15) is 4.79 Å². The van der Waals surface area contributed by atoms with Gasteiger partial charge in [-0.25, -0.2) is 0 Å². The molecule has 0 amide bonds. The zero-order valence-electron chi connectivity index (χ0n) is 9.84. The third-order valence-electron chi connectivity index (χ3n) is 2.78. The fraction of sp³-hybridized carbons (Fsp3) is 0.333. The van der Waals surface area contributed by atoms with Crippen LogP contribution in [-0.4, -0.2) is 26.9 Å². The molecule has 0 aliphatic carbocycles. The van der Waals surface area contributed by atoms with Crippen LogP contribution in [0, 0.1) is 0 Å². The molecule has 5 nitrogen and oxygen atoms in total. The zero-order valence-corrected chi connectivity index (χ0v) is 9.84. The summed E-state index contributed by atoms with van der Waals surface area (Å²) in [7, 11) is 1.88. The van der Waals surface area contributed by atoms with Crippen LogP contribution in [-0.2, 0) is 18.4 Å². The number of aliphatic carboxylic acids is 1. The minimum Gasteiger partial charge on any atom is -0.480 e. The van der Waals surface area contributed by atoms with Crippen molar-refractivity contribution in [2.75, 3.05) is 0 Å². The first kappa shape index (κ1) is 11.6. The number of carboxylic acids is 1. The minimum absolute atomic E-state index is 0.453. The van der Waals surface area contributed by atoms with Crippen LogP contribution in [0.4, 0.5) is 0 Å². The molecule has 0 saturated heterocycles. The number of nitrogens with one attached hydrogen (secondary N) is 1. The average molecular weight is 233 g/mol. The normalized spacial score (nSPS) is 12.8. The second kappa shape index (κ2) is 4.55. The summed E-state index contributed by atoms with van der Waals surface area (Å²) in [5.74, 6) is -0.856. The van der Waals surface area contributed by atoms with Crippen LogP contribution >= 0.6 is 0 Å². The summed E-state index contributed by atoms with van der Waals surface area (Å²) in [5.41, 5.74) is 1.92. The molecule has 1 aromatic heterocycles. The Balaban J connectivity index is 2.22. The van der Waals surface area contributed by atoms with Gasteiger partial charge in [0.25, 0.3) is 0 Å². The standard InChI is InChI=1S/C12H15N3O2/c1-8(12(16)17)13-7-10-9-5-3-4-6-11(9)15(2)14-10/h3-6,8,13H,7H2,1-2H3,(H,16,17)/t8-/m1/s1. The number of aromatic nitrogens is 2. The first-order valence-electron chi connectivity index (χ1n) is 5.46. The molecule has 5 heteroatoms. The predicted molar refractivity (Wildman–Crippen MR) is 64.7 cm³/mol. The molecule has 0 aliphatic heterocycles. The summed E-state index contributed by atoms with van der Waals surface area (Å²) in [4.78, 5) is 10.7. The quantitative estimate of drug-likeness (QED) is 0.831. The van der Waals surface area contributed by atoms with Crippen molar-refractivity contribution in [3.05, 3.63) is 30.0 Å². The summed E-state index contributed by atoms with van der Waals surface area (Å²) >= 11 is 0. The van der Waals surface area contributed by atoms with Crippen LogP contribution in [0.25, 0.3) is 10.9 Å². The number of benzene rings is 1. The highest BCUT2D eigenvalue weighted by Crippen LogP contribution is 2.17. The number of hydrogen-bond acceptors (Lipinski definition) is 3. The smallest absolute Gasteiger partial charge is 0.320 e. The molecule has 1 atom stereocenters. The molecular formula is C12H15N3O2. The number of fused-ring (bicyclic) bond motifs is 1. The van der Waals surface area contributed by atoms with E-state index in [0.29, 0.717) is 6.54 Å². The molecular weight excluding hydrogens is 218 g/mol. The van der Waals surface area contributed by atoms with Gasteiger partial charge in [-0.15, -0.1) is 0 Å². The first-order chi connectivity index (χ1) is 8.09. The lowest BCUT2D eigenvalue weighted by Gasteiger charge is -2.06. The number of carbonyl (C=O) groups is 1. The maximum atomic E-state index is 10.7. The van der Waals surface area contributed by atoms with Crippen LogP contribution in [0.2, 0.25) is 0 Å². The van der Waals surface area contributed by atoms with Gasteiger partial charge in [0.15, 0.2) is 0 Å². The van der Waals surface area contributed by atoms with Crippen LogP contribution in [0.15, 0.2) is 24.3 Å². The summed E-state index contributed by atoms with van der Waals surface area (Å²) in [6.45, 7) is 2.07. The van der Waals surface area contributed by atoms with Crippen molar-refractivity contribution in [2.24, 2.45) is 7.05 Å². The Morgan fingerprint density at radius 1 is 1.53 bits per heavy atom. The van der Waals surface area contributed by atoms with Gasteiger partial charge in [0.2, 0.25) is 0 Å². The van der Waals surface area contributed by atoms with E-state index >= 15 is 0 Å². The molecule has 90 valence electrons. The molecule has 1 aromatic carbocycles. The second-order valence-electron chi connectivity index (χ2n) is 4.03. The maximum Gasteiger partial charge on any atom is 0.320 e. The van der Waals surface area contributed by atoms with E-state index in [2.05, 4.69) is 10.4 Å². The van der Waals surface area contributed by atoms with Gasteiger partial charge in [-0.1, -0.05) is 18.2 Å². The Morgan fingerprint density at radius 3 is 2.94 bits per heavy atom. The van der Waals surface area contributed by atoms with Crippen LogP contribution in [0.1, 0.15) is 12.6 Å². The topological polar surface area (TPSA) is 67.2 Å². The van der Waals surface area contributed by atoms with Crippen molar-refractivity contribution in [3.8, 4) is 0 Å². The Kier molecular flexibility index (Phi) is 3.10. The molecule has 1 heterocycles. The number of para-hydroxylation sites is 1. The Bertz CT molecular complexity index is 548. The highest BCUT2D eigenvalue weighted by Gasteiger charge is 2.12. The fourth-order valence-corrected chi connectivity index (χ4v) is 1.76.